The molecule has 0 heterocycles. The molecule has 1 unspecified atom stereocenters. The van der Waals surface area contributed by atoms with Crippen molar-refractivity contribution in [2.45, 2.75) is 105 Å². The highest BCUT2D eigenvalue weighted by Crippen LogP contribution is 2.62. The number of nitrogens with one attached hydrogen (secondary N) is 1. The smallest absolute Gasteiger partial charge is 0.119 e. The summed E-state index contributed by atoms with van der Waals surface area (Å²) < 4.78 is 0. The van der Waals surface area contributed by atoms with Gasteiger partial charge in [0.05, 0.1) is 18.5 Å². The molecule has 1 atom stereocenters. The van der Waals surface area contributed by atoms with Gasteiger partial charge < -0.3 is 0 Å². The van der Waals surface area contributed by atoms with Crippen LogP contribution in [0.2, 0.25) is 0 Å². The van der Waals surface area contributed by atoms with Crippen molar-refractivity contribution in [3.63, 3.8) is 0 Å². The molecule has 0 rings (SSSR count). The van der Waals surface area contributed by atoms with E-state index in [9.17, 15) is 0 Å². The number of unbranched alkanes of at least 4 members (excludes halogenated alkanes) is 7. The van der Waals surface area contributed by atoms with Crippen LogP contribution in [0.5, 0.6) is 0 Å². The van der Waals surface area contributed by atoms with Crippen molar-refractivity contribution in [3.8, 4) is 0 Å². The third-order valence-electron chi connectivity index (χ3n) is 5.54. The minimum absolute atomic E-state index is 0.767. The van der Waals surface area contributed by atoms with Crippen LogP contribution in [0, 0.1) is 0 Å². The first-order valence-electron chi connectivity index (χ1n) is 10.3. The second kappa shape index (κ2) is 14.9. The van der Waals surface area contributed by atoms with Crippen LogP contribution in [0.4, 0.5) is 0 Å². The van der Waals surface area contributed by atoms with Gasteiger partial charge in [0.2, 0.25) is 0 Å². The molecule has 0 fully saturated rings. The van der Waals surface area contributed by atoms with Gasteiger partial charge in [-0.25, -0.2) is 0 Å². The standard InChI is InChI=1S/C20H45NP/c1-6-11-13-14-15-17-19-21-20(18-16-12-7-2)22(8-3,9-4)10-5/h20-21H,6-19H2,1-5H3/q+1. The number of hydrogen-bond acceptors (Lipinski definition) is 1. The lowest BCUT2D eigenvalue weighted by Gasteiger charge is -2.33. The van der Waals surface area contributed by atoms with Crippen molar-refractivity contribution < 1.29 is 0 Å². The van der Waals surface area contributed by atoms with E-state index < -0.39 is 7.26 Å². The molecule has 0 bridgehead atoms. The Kier molecular flexibility index (Phi) is 15.2. The highest BCUT2D eigenvalue weighted by atomic mass is 31.2. The highest BCUT2D eigenvalue weighted by molar-refractivity contribution is 7.76. The third-order valence-corrected chi connectivity index (χ3v) is 11.1. The second-order valence-corrected chi connectivity index (χ2v) is 11.9. The van der Waals surface area contributed by atoms with E-state index in [-0.39, 0.29) is 0 Å². The Labute approximate surface area is 142 Å². The summed E-state index contributed by atoms with van der Waals surface area (Å²) >= 11 is 0. The van der Waals surface area contributed by atoms with E-state index in [1.165, 1.54) is 89.2 Å². The minimum Gasteiger partial charge on any atom is -0.283 e. The predicted octanol–water partition coefficient (Wildman–Crippen LogP) is 6.92. The van der Waals surface area contributed by atoms with Gasteiger partial charge >= 0.3 is 0 Å². The zero-order valence-electron chi connectivity index (χ0n) is 16.4. The van der Waals surface area contributed by atoms with Gasteiger partial charge in [0.25, 0.3) is 0 Å². The van der Waals surface area contributed by atoms with E-state index in [1.807, 2.05) is 0 Å². The summed E-state index contributed by atoms with van der Waals surface area (Å²) in [7, 11) is -0.767. The van der Waals surface area contributed by atoms with Crippen LogP contribution < -0.4 is 5.32 Å². The molecule has 0 aliphatic carbocycles. The first kappa shape index (κ1) is 22.4. The Balaban J connectivity index is 4.23. The van der Waals surface area contributed by atoms with Gasteiger partial charge in [-0.05, 0) is 46.6 Å². The van der Waals surface area contributed by atoms with Crippen LogP contribution in [-0.4, -0.2) is 30.8 Å². The van der Waals surface area contributed by atoms with Gasteiger partial charge in [-0.3, -0.25) is 5.32 Å². The molecule has 1 nitrogen and oxygen atoms in total. The molecule has 2 heteroatoms. The van der Waals surface area contributed by atoms with Crippen molar-refractivity contribution >= 4 is 7.26 Å². The zero-order valence-corrected chi connectivity index (χ0v) is 17.3. The molecule has 0 saturated carbocycles. The maximum Gasteiger partial charge on any atom is 0.119 e. The lowest BCUT2D eigenvalue weighted by molar-refractivity contribution is 0.524. The van der Waals surface area contributed by atoms with Crippen molar-refractivity contribution in [2.75, 3.05) is 25.0 Å². The average molecular weight is 331 g/mol. The Morgan fingerprint density at radius 1 is 0.636 bits per heavy atom. The lowest BCUT2D eigenvalue weighted by atomic mass is 10.1. The molecular weight excluding hydrogens is 285 g/mol. The van der Waals surface area contributed by atoms with Gasteiger partial charge in [-0.2, -0.15) is 0 Å². The normalized spacial score (nSPS) is 13.5. The molecule has 0 aliphatic heterocycles. The van der Waals surface area contributed by atoms with Crippen LogP contribution in [0.1, 0.15) is 98.8 Å². The summed E-state index contributed by atoms with van der Waals surface area (Å²) in [6, 6.07) is 0. The summed E-state index contributed by atoms with van der Waals surface area (Å²) in [6.45, 7) is 13.2. The molecule has 22 heavy (non-hydrogen) atoms. The van der Waals surface area contributed by atoms with E-state index in [4.69, 9.17) is 0 Å². The van der Waals surface area contributed by atoms with Gasteiger partial charge in [0.1, 0.15) is 5.78 Å². The van der Waals surface area contributed by atoms with Crippen molar-refractivity contribution in [1.82, 2.24) is 5.32 Å². The maximum atomic E-state index is 4.01. The molecule has 0 radical (unpaired) electrons. The van der Waals surface area contributed by atoms with Gasteiger partial charge in [0.15, 0.2) is 0 Å². The number of hydrogen-bond donors (Lipinski definition) is 1. The first-order valence-corrected chi connectivity index (χ1v) is 12.7. The molecule has 0 amide bonds. The molecule has 0 aromatic heterocycles. The van der Waals surface area contributed by atoms with Crippen molar-refractivity contribution in [3.05, 3.63) is 0 Å². The maximum absolute atomic E-state index is 4.01. The molecule has 0 aromatic carbocycles. The fraction of sp³-hybridized carbons (Fsp3) is 1.00. The number of rotatable bonds is 16. The second-order valence-electron chi connectivity index (χ2n) is 6.90. The van der Waals surface area contributed by atoms with Crippen LogP contribution >= 0.6 is 7.26 Å². The molecule has 0 aromatic rings. The molecule has 0 aliphatic rings. The van der Waals surface area contributed by atoms with Crippen LogP contribution in [0.3, 0.4) is 0 Å². The van der Waals surface area contributed by atoms with E-state index >= 15 is 0 Å². The SMILES string of the molecule is CCCCCCCCNC(CCCCC)[P+](CC)(CC)CC. The Morgan fingerprint density at radius 3 is 1.68 bits per heavy atom. The Bertz CT molecular complexity index is 217. The van der Waals surface area contributed by atoms with Crippen LogP contribution in [-0.2, 0) is 0 Å². The van der Waals surface area contributed by atoms with Crippen LogP contribution in [0.15, 0.2) is 0 Å². The van der Waals surface area contributed by atoms with Gasteiger partial charge in [-0.1, -0.05) is 58.8 Å². The lowest BCUT2D eigenvalue weighted by Crippen LogP contribution is -2.35. The summed E-state index contributed by atoms with van der Waals surface area (Å²) in [4.78, 5) is 0. The van der Waals surface area contributed by atoms with E-state index in [0.29, 0.717) is 0 Å². The van der Waals surface area contributed by atoms with Crippen LogP contribution in [0.25, 0.3) is 0 Å². The summed E-state index contributed by atoms with van der Waals surface area (Å²) in [5.41, 5.74) is 0. The molecule has 1 N–H and O–H groups in total. The summed E-state index contributed by atoms with van der Waals surface area (Å²) in [5, 5.41) is 4.01. The molecule has 0 spiro atoms. The van der Waals surface area contributed by atoms with Crippen molar-refractivity contribution in [1.29, 1.82) is 0 Å². The Hall–Kier alpha value is 0.390. The third kappa shape index (κ3) is 8.88. The van der Waals surface area contributed by atoms with Gasteiger partial charge in [-0.15, -0.1) is 0 Å². The topological polar surface area (TPSA) is 12.0 Å². The molecule has 0 saturated heterocycles. The van der Waals surface area contributed by atoms with Gasteiger partial charge in [0, 0.05) is 7.26 Å². The summed E-state index contributed by atoms with van der Waals surface area (Å²) in [5.74, 6) is 0.842. The quantitative estimate of drug-likeness (QED) is 0.239. The van der Waals surface area contributed by atoms with E-state index in [2.05, 4.69) is 39.9 Å². The highest BCUT2D eigenvalue weighted by Gasteiger charge is 2.39. The monoisotopic (exact) mass is 330 g/mol. The fourth-order valence-corrected chi connectivity index (χ4v) is 7.57. The first-order chi connectivity index (χ1) is 10.7. The summed E-state index contributed by atoms with van der Waals surface area (Å²) in [6.07, 6.45) is 18.3. The van der Waals surface area contributed by atoms with E-state index in [1.54, 1.807) is 0 Å². The Morgan fingerprint density at radius 2 is 1.14 bits per heavy atom. The van der Waals surface area contributed by atoms with Crippen molar-refractivity contribution in [2.24, 2.45) is 0 Å². The molecular formula is C20H45NP+. The molecule has 134 valence electrons. The minimum atomic E-state index is -0.767. The average Bonchev–Trinajstić information content (AvgIpc) is 2.55. The largest absolute Gasteiger partial charge is 0.283 e. The predicted molar refractivity (Wildman–Crippen MR) is 108 cm³/mol. The van der Waals surface area contributed by atoms with E-state index in [0.717, 1.165) is 5.78 Å². The fourth-order valence-electron chi connectivity index (χ4n) is 3.66. The zero-order chi connectivity index (χ0) is 16.7.